The number of hydrogen-bond acceptors (Lipinski definition) is 6. The van der Waals surface area contributed by atoms with Crippen molar-refractivity contribution in [2.75, 3.05) is 33.1 Å². The smallest absolute Gasteiger partial charge is 0.333 e. The number of rotatable bonds is 6. The van der Waals surface area contributed by atoms with E-state index in [-0.39, 0.29) is 18.1 Å². The lowest BCUT2D eigenvalue weighted by Crippen LogP contribution is -2.52. The Morgan fingerprint density at radius 1 is 0.969 bits per heavy atom. The summed E-state index contributed by atoms with van der Waals surface area (Å²) in [4.78, 5) is 50.5. The van der Waals surface area contributed by atoms with Gasteiger partial charge < -0.3 is 14.8 Å². The SMILES string of the molecule is COc1cc(C=C2C(=O)N(C)C(=O)N(C)C2=O)ccc1OCC(=O)Nc1ccc(C)cc1. The van der Waals surface area contributed by atoms with Crippen molar-refractivity contribution in [3.63, 3.8) is 0 Å². The van der Waals surface area contributed by atoms with Crippen LogP contribution in [-0.4, -0.2) is 61.4 Å². The molecule has 166 valence electrons. The molecule has 1 aliphatic heterocycles. The van der Waals surface area contributed by atoms with E-state index in [1.54, 1.807) is 30.3 Å². The average Bonchev–Trinajstić information content (AvgIpc) is 2.79. The predicted molar refractivity (Wildman–Crippen MR) is 117 cm³/mol. The molecule has 1 saturated heterocycles. The Morgan fingerprint density at radius 2 is 1.59 bits per heavy atom. The van der Waals surface area contributed by atoms with Gasteiger partial charge in [-0.2, -0.15) is 0 Å². The molecule has 32 heavy (non-hydrogen) atoms. The van der Waals surface area contributed by atoms with Gasteiger partial charge in [-0.15, -0.1) is 0 Å². The fourth-order valence-electron chi connectivity index (χ4n) is 3.01. The maximum Gasteiger partial charge on any atom is 0.333 e. The van der Waals surface area contributed by atoms with Crippen molar-refractivity contribution < 1.29 is 28.7 Å². The van der Waals surface area contributed by atoms with Gasteiger partial charge in [0.2, 0.25) is 0 Å². The molecule has 0 unspecified atom stereocenters. The van der Waals surface area contributed by atoms with E-state index in [1.165, 1.54) is 27.3 Å². The molecule has 1 fully saturated rings. The summed E-state index contributed by atoms with van der Waals surface area (Å²) in [6.07, 6.45) is 1.38. The van der Waals surface area contributed by atoms with E-state index < -0.39 is 17.8 Å². The third-order valence-corrected chi connectivity index (χ3v) is 4.84. The van der Waals surface area contributed by atoms with Gasteiger partial charge in [-0.05, 0) is 42.8 Å². The lowest BCUT2D eigenvalue weighted by Gasteiger charge is -2.28. The molecular weight excluding hydrogens is 414 g/mol. The van der Waals surface area contributed by atoms with Gasteiger partial charge >= 0.3 is 6.03 Å². The van der Waals surface area contributed by atoms with E-state index in [0.717, 1.165) is 15.4 Å². The lowest BCUT2D eigenvalue weighted by molar-refractivity contribution is -0.134. The fraction of sp³-hybridized carbons (Fsp3) is 0.217. The Morgan fingerprint density at radius 3 is 2.19 bits per heavy atom. The zero-order valence-electron chi connectivity index (χ0n) is 18.2. The molecule has 9 nitrogen and oxygen atoms in total. The van der Waals surface area contributed by atoms with Crippen molar-refractivity contribution in [1.82, 2.24) is 9.80 Å². The maximum absolute atomic E-state index is 12.4. The number of hydrogen-bond donors (Lipinski definition) is 1. The number of likely N-dealkylation sites (N-methyl/N-ethyl adjacent to an activating group) is 2. The molecule has 5 amide bonds. The number of imide groups is 2. The van der Waals surface area contributed by atoms with Crippen molar-refractivity contribution in [3.8, 4) is 11.5 Å². The molecule has 2 aromatic rings. The standard InChI is InChI=1S/C23H23N3O6/c1-14-5-8-16(9-6-14)24-20(27)13-32-18-10-7-15(12-19(18)31-4)11-17-21(28)25(2)23(30)26(3)22(17)29/h5-12H,13H2,1-4H3,(H,24,27). The predicted octanol–water partition coefficient (Wildman–Crippen LogP) is 2.45. The first-order valence-electron chi connectivity index (χ1n) is 9.70. The summed E-state index contributed by atoms with van der Waals surface area (Å²) in [5.74, 6) is -1.08. The molecule has 0 saturated carbocycles. The molecule has 0 aromatic heterocycles. The van der Waals surface area contributed by atoms with E-state index in [0.29, 0.717) is 22.7 Å². The molecule has 0 bridgehead atoms. The fourth-order valence-corrected chi connectivity index (χ4v) is 3.01. The number of methoxy groups -OCH3 is 1. The number of ether oxygens (including phenoxy) is 2. The quantitative estimate of drug-likeness (QED) is 0.550. The minimum atomic E-state index is -0.692. The molecule has 0 spiro atoms. The summed E-state index contributed by atoms with van der Waals surface area (Å²) in [6, 6.07) is 11.4. The van der Waals surface area contributed by atoms with Crippen LogP contribution in [0, 0.1) is 6.92 Å². The highest BCUT2D eigenvalue weighted by atomic mass is 16.5. The minimum Gasteiger partial charge on any atom is -0.493 e. The van der Waals surface area contributed by atoms with Crippen LogP contribution in [0.1, 0.15) is 11.1 Å². The molecule has 0 radical (unpaired) electrons. The van der Waals surface area contributed by atoms with Gasteiger partial charge in [0.15, 0.2) is 18.1 Å². The van der Waals surface area contributed by atoms with Gasteiger partial charge in [-0.1, -0.05) is 23.8 Å². The summed E-state index contributed by atoms with van der Waals surface area (Å²) < 4.78 is 10.9. The molecule has 1 N–H and O–H groups in total. The van der Waals surface area contributed by atoms with E-state index in [9.17, 15) is 19.2 Å². The first-order chi connectivity index (χ1) is 15.2. The highest BCUT2D eigenvalue weighted by Gasteiger charge is 2.37. The topological polar surface area (TPSA) is 105 Å². The Bertz CT molecular complexity index is 1080. The minimum absolute atomic E-state index is 0.150. The number of nitrogens with one attached hydrogen (secondary N) is 1. The highest BCUT2D eigenvalue weighted by Crippen LogP contribution is 2.29. The number of nitrogens with zero attached hydrogens (tertiary/aromatic N) is 2. The van der Waals surface area contributed by atoms with Crippen LogP contribution in [-0.2, 0) is 14.4 Å². The third-order valence-electron chi connectivity index (χ3n) is 4.84. The lowest BCUT2D eigenvalue weighted by atomic mass is 10.1. The summed E-state index contributed by atoms with van der Waals surface area (Å²) in [5, 5.41) is 2.74. The van der Waals surface area contributed by atoms with Crippen LogP contribution in [0.15, 0.2) is 48.0 Å². The van der Waals surface area contributed by atoms with Gasteiger partial charge in [0.1, 0.15) is 5.57 Å². The van der Waals surface area contributed by atoms with Gasteiger partial charge in [0.25, 0.3) is 17.7 Å². The number of aryl methyl sites for hydroxylation is 1. The third kappa shape index (κ3) is 4.77. The first kappa shape index (κ1) is 22.5. The Kier molecular flexibility index (Phi) is 6.58. The normalized spacial score (nSPS) is 13.9. The van der Waals surface area contributed by atoms with Crippen molar-refractivity contribution in [3.05, 3.63) is 59.2 Å². The zero-order valence-corrected chi connectivity index (χ0v) is 18.2. The highest BCUT2D eigenvalue weighted by molar-refractivity contribution is 6.30. The summed E-state index contributed by atoms with van der Waals surface area (Å²) in [7, 11) is 4.05. The van der Waals surface area contributed by atoms with Crippen LogP contribution >= 0.6 is 0 Å². The molecular formula is C23H23N3O6. The zero-order chi connectivity index (χ0) is 23.4. The number of benzene rings is 2. The number of anilines is 1. The van der Waals surface area contributed by atoms with Crippen molar-refractivity contribution in [2.24, 2.45) is 0 Å². The molecule has 1 aliphatic rings. The number of amides is 5. The van der Waals surface area contributed by atoms with Gasteiger partial charge in [0.05, 0.1) is 7.11 Å². The van der Waals surface area contributed by atoms with Crippen LogP contribution in [0.3, 0.4) is 0 Å². The average molecular weight is 437 g/mol. The number of carbonyl (C=O) groups excluding carboxylic acids is 4. The molecule has 0 aliphatic carbocycles. The van der Waals surface area contributed by atoms with E-state index in [2.05, 4.69) is 5.32 Å². The Hall–Kier alpha value is -4.14. The van der Waals surface area contributed by atoms with Crippen LogP contribution in [0.25, 0.3) is 6.08 Å². The van der Waals surface area contributed by atoms with Crippen molar-refractivity contribution in [2.45, 2.75) is 6.92 Å². The van der Waals surface area contributed by atoms with Crippen LogP contribution < -0.4 is 14.8 Å². The monoisotopic (exact) mass is 437 g/mol. The number of carbonyl (C=O) groups is 4. The van der Waals surface area contributed by atoms with Crippen LogP contribution in [0.5, 0.6) is 11.5 Å². The van der Waals surface area contributed by atoms with Crippen molar-refractivity contribution in [1.29, 1.82) is 0 Å². The Labute approximate surface area is 185 Å². The first-order valence-corrected chi connectivity index (χ1v) is 9.70. The summed E-state index contributed by atoms with van der Waals surface area (Å²) in [6.45, 7) is 1.72. The molecule has 2 aromatic carbocycles. The maximum atomic E-state index is 12.4. The van der Waals surface area contributed by atoms with E-state index in [4.69, 9.17) is 9.47 Å². The van der Waals surface area contributed by atoms with Gasteiger partial charge in [0, 0.05) is 19.8 Å². The van der Waals surface area contributed by atoms with Gasteiger partial charge in [-0.25, -0.2) is 4.79 Å². The van der Waals surface area contributed by atoms with E-state index >= 15 is 0 Å². The summed E-state index contributed by atoms with van der Waals surface area (Å²) >= 11 is 0. The Balaban J connectivity index is 1.73. The molecule has 0 atom stereocenters. The molecule has 1 heterocycles. The second kappa shape index (κ2) is 9.34. The number of barbiturate groups is 1. The second-order valence-corrected chi connectivity index (χ2v) is 7.18. The number of urea groups is 1. The largest absolute Gasteiger partial charge is 0.493 e. The molecule has 9 heteroatoms. The van der Waals surface area contributed by atoms with Gasteiger partial charge in [-0.3, -0.25) is 24.2 Å². The van der Waals surface area contributed by atoms with Crippen molar-refractivity contribution >= 4 is 35.5 Å². The van der Waals surface area contributed by atoms with E-state index in [1.807, 2.05) is 19.1 Å². The van der Waals surface area contributed by atoms with Crippen LogP contribution in [0.4, 0.5) is 10.5 Å². The van der Waals surface area contributed by atoms with Crippen LogP contribution in [0.2, 0.25) is 0 Å². The molecule has 3 rings (SSSR count). The summed E-state index contributed by atoms with van der Waals surface area (Å²) in [5.41, 5.74) is 2.09. The second-order valence-electron chi connectivity index (χ2n) is 7.18.